The number of hydrogen-bond donors (Lipinski definition) is 1. The van der Waals surface area contributed by atoms with Crippen molar-refractivity contribution in [3.05, 3.63) is 99.7 Å². The topological polar surface area (TPSA) is 71.3 Å². The van der Waals surface area contributed by atoms with Crippen LogP contribution in [0.5, 0.6) is 0 Å². The molecule has 1 aliphatic heterocycles. The molecule has 3 heterocycles. The van der Waals surface area contributed by atoms with Crippen LogP contribution in [-0.4, -0.2) is 21.1 Å². The van der Waals surface area contributed by atoms with Gasteiger partial charge in [-0.1, -0.05) is 71.4 Å². The van der Waals surface area contributed by atoms with E-state index in [1.165, 1.54) is 0 Å². The molecule has 0 bridgehead atoms. The molecule has 7 heteroatoms. The second-order valence-electron chi connectivity index (χ2n) is 7.75. The van der Waals surface area contributed by atoms with E-state index in [-0.39, 0.29) is 12.1 Å². The fraction of sp³-hybridized carbons (Fsp3) is 0.160. The minimum atomic E-state index is -0.383. The third kappa shape index (κ3) is 3.83. The number of carbonyl (C=O) groups is 1. The van der Waals surface area contributed by atoms with E-state index >= 15 is 0 Å². The molecule has 6 nitrogen and oxygen atoms in total. The van der Waals surface area contributed by atoms with Crippen molar-refractivity contribution in [3.8, 4) is 11.4 Å². The molecule has 0 fully saturated rings. The van der Waals surface area contributed by atoms with E-state index in [0.29, 0.717) is 18.3 Å². The van der Waals surface area contributed by atoms with Gasteiger partial charge in [-0.15, -0.1) is 11.3 Å². The standard InChI is InChI=1S/C25H22N4O2S/c1-16-10-12-18(13-11-16)22-21(24-27-23(28-31-24)19-7-4-3-5-8-19)17(2)29(25(30)26-22)15-20-9-6-14-32-20/h3-14,22H,15H2,1-2H3,(H,26,30). The Kier molecular flexibility index (Phi) is 5.33. The van der Waals surface area contributed by atoms with Crippen LogP contribution in [-0.2, 0) is 6.54 Å². The zero-order valence-electron chi connectivity index (χ0n) is 17.8. The van der Waals surface area contributed by atoms with Gasteiger partial charge >= 0.3 is 6.03 Å². The van der Waals surface area contributed by atoms with Gasteiger partial charge in [0.25, 0.3) is 5.89 Å². The molecule has 160 valence electrons. The summed E-state index contributed by atoms with van der Waals surface area (Å²) < 4.78 is 5.73. The Balaban J connectivity index is 1.60. The van der Waals surface area contributed by atoms with Gasteiger partial charge in [0, 0.05) is 16.1 Å². The summed E-state index contributed by atoms with van der Waals surface area (Å²) in [7, 11) is 0. The quantitative estimate of drug-likeness (QED) is 0.424. The first-order valence-electron chi connectivity index (χ1n) is 10.4. The molecule has 5 rings (SSSR count). The molecule has 1 N–H and O–H groups in total. The lowest BCUT2D eigenvalue weighted by Gasteiger charge is -2.35. The van der Waals surface area contributed by atoms with Crippen molar-refractivity contribution in [2.45, 2.75) is 26.4 Å². The number of urea groups is 1. The molecule has 1 aliphatic rings. The second-order valence-corrected chi connectivity index (χ2v) is 8.78. The van der Waals surface area contributed by atoms with Gasteiger partial charge in [-0.05, 0) is 30.9 Å². The van der Waals surface area contributed by atoms with Gasteiger partial charge in [-0.3, -0.25) is 4.90 Å². The summed E-state index contributed by atoms with van der Waals surface area (Å²) >= 11 is 1.62. The zero-order chi connectivity index (χ0) is 22.1. The van der Waals surface area contributed by atoms with Gasteiger partial charge in [0.1, 0.15) is 0 Å². The van der Waals surface area contributed by atoms with Crippen molar-refractivity contribution in [3.63, 3.8) is 0 Å². The lowest BCUT2D eigenvalue weighted by Crippen LogP contribution is -2.45. The van der Waals surface area contributed by atoms with E-state index in [1.807, 2.05) is 86.0 Å². The lowest BCUT2D eigenvalue weighted by molar-refractivity contribution is 0.203. The minimum absolute atomic E-state index is 0.145. The maximum atomic E-state index is 13.1. The molecule has 32 heavy (non-hydrogen) atoms. The van der Waals surface area contributed by atoms with Crippen LogP contribution in [0.3, 0.4) is 0 Å². The average Bonchev–Trinajstić information content (AvgIpc) is 3.50. The summed E-state index contributed by atoms with van der Waals surface area (Å²) in [5.74, 6) is 0.924. The van der Waals surface area contributed by atoms with Crippen LogP contribution in [0.25, 0.3) is 17.0 Å². The Labute approximate surface area is 190 Å². The Morgan fingerprint density at radius 3 is 2.53 bits per heavy atom. The predicted octanol–water partition coefficient (Wildman–Crippen LogP) is 5.80. The van der Waals surface area contributed by atoms with Crippen LogP contribution in [0.2, 0.25) is 0 Å². The molecule has 2 aromatic carbocycles. The summed E-state index contributed by atoms with van der Waals surface area (Å²) in [6.07, 6.45) is 0. The van der Waals surface area contributed by atoms with Gasteiger partial charge in [-0.25, -0.2) is 4.79 Å². The summed E-state index contributed by atoms with van der Waals surface area (Å²) in [6, 6.07) is 21.3. The second kappa shape index (κ2) is 8.43. The first-order valence-corrected chi connectivity index (χ1v) is 11.3. The van der Waals surface area contributed by atoms with Gasteiger partial charge in [0.2, 0.25) is 5.82 Å². The number of thiophene rings is 1. The van der Waals surface area contributed by atoms with E-state index in [2.05, 4.69) is 10.5 Å². The van der Waals surface area contributed by atoms with Gasteiger partial charge in [-0.2, -0.15) is 4.98 Å². The number of carbonyl (C=O) groups excluding carboxylic acids is 1. The Morgan fingerprint density at radius 2 is 1.81 bits per heavy atom. The van der Waals surface area contributed by atoms with E-state index in [9.17, 15) is 4.79 Å². The van der Waals surface area contributed by atoms with Crippen molar-refractivity contribution in [2.24, 2.45) is 0 Å². The highest BCUT2D eigenvalue weighted by molar-refractivity contribution is 7.09. The maximum Gasteiger partial charge on any atom is 0.322 e. The third-order valence-electron chi connectivity index (χ3n) is 5.59. The highest BCUT2D eigenvalue weighted by Crippen LogP contribution is 2.38. The summed E-state index contributed by atoms with van der Waals surface area (Å²) in [5, 5.41) is 9.37. The van der Waals surface area contributed by atoms with Crippen molar-refractivity contribution < 1.29 is 9.32 Å². The Bertz CT molecular complexity index is 1260. The van der Waals surface area contributed by atoms with Crippen LogP contribution < -0.4 is 5.32 Å². The fourth-order valence-electron chi connectivity index (χ4n) is 3.85. The molecular weight excluding hydrogens is 420 g/mol. The lowest BCUT2D eigenvalue weighted by atomic mass is 9.94. The summed E-state index contributed by atoms with van der Waals surface area (Å²) in [6.45, 7) is 4.46. The van der Waals surface area contributed by atoms with Crippen molar-refractivity contribution in [2.75, 3.05) is 0 Å². The fourth-order valence-corrected chi connectivity index (χ4v) is 4.55. The molecule has 0 aliphatic carbocycles. The van der Waals surface area contributed by atoms with Crippen molar-refractivity contribution in [1.82, 2.24) is 20.4 Å². The maximum absolute atomic E-state index is 13.1. The monoisotopic (exact) mass is 442 g/mol. The molecule has 0 spiro atoms. The van der Waals surface area contributed by atoms with Crippen LogP contribution in [0.15, 0.2) is 82.3 Å². The van der Waals surface area contributed by atoms with E-state index < -0.39 is 0 Å². The largest absolute Gasteiger partial charge is 0.334 e. The van der Waals surface area contributed by atoms with Gasteiger partial charge < -0.3 is 9.84 Å². The highest BCUT2D eigenvalue weighted by atomic mass is 32.1. The molecule has 0 saturated carbocycles. The van der Waals surface area contributed by atoms with Crippen molar-refractivity contribution in [1.29, 1.82) is 0 Å². The molecule has 2 aromatic heterocycles. The van der Waals surface area contributed by atoms with Gasteiger partial charge in [0.05, 0.1) is 18.2 Å². The Hall–Kier alpha value is -3.71. The van der Waals surface area contributed by atoms with E-state index in [4.69, 9.17) is 9.51 Å². The first-order chi connectivity index (χ1) is 15.6. The third-order valence-corrected chi connectivity index (χ3v) is 6.45. The van der Waals surface area contributed by atoms with E-state index in [0.717, 1.165) is 32.8 Å². The number of nitrogens with zero attached hydrogens (tertiary/aromatic N) is 3. The molecule has 2 amide bonds. The predicted molar refractivity (Wildman–Crippen MR) is 125 cm³/mol. The van der Waals surface area contributed by atoms with Crippen LogP contribution in [0.1, 0.15) is 34.9 Å². The number of benzene rings is 2. The van der Waals surface area contributed by atoms with Gasteiger partial charge in [0.15, 0.2) is 0 Å². The van der Waals surface area contributed by atoms with E-state index in [1.54, 1.807) is 16.2 Å². The number of aryl methyl sites for hydroxylation is 1. The molecular formula is C25H22N4O2S. The smallest absolute Gasteiger partial charge is 0.322 e. The number of amides is 2. The molecule has 4 aromatic rings. The van der Waals surface area contributed by atoms with Crippen LogP contribution >= 0.6 is 11.3 Å². The summed E-state index contributed by atoms with van der Waals surface area (Å²) in [4.78, 5) is 20.6. The number of aromatic nitrogens is 2. The number of rotatable bonds is 5. The highest BCUT2D eigenvalue weighted by Gasteiger charge is 2.35. The molecule has 1 atom stereocenters. The minimum Gasteiger partial charge on any atom is -0.334 e. The average molecular weight is 443 g/mol. The number of hydrogen-bond acceptors (Lipinski definition) is 5. The number of allylic oxidation sites excluding steroid dienone is 1. The Morgan fingerprint density at radius 1 is 1.03 bits per heavy atom. The van der Waals surface area contributed by atoms with Crippen LogP contribution in [0, 0.1) is 6.92 Å². The molecule has 1 unspecified atom stereocenters. The SMILES string of the molecule is CC1=C(c2nc(-c3ccccc3)no2)C(c2ccc(C)cc2)NC(=O)N1Cc1cccs1. The molecule has 0 saturated heterocycles. The van der Waals surface area contributed by atoms with Crippen LogP contribution in [0.4, 0.5) is 4.79 Å². The first kappa shape index (κ1) is 20.2. The number of nitrogens with one attached hydrogen (secondary N) is 1. The van der Waals surface area contributed by atoms with Crippen molar-refractivity contribution >= 4 is 22.9 Å². The zero-order valence-corrected chi connectivity index (χ0v) is 18.6. The summed E-state index contributed by atoms with van der Waals surface area (Å²) in [5.41, 5.74) is 4.61. The molecule has 0 radical (unpaired) electrons. The normalized spacial score (nSPS) is 16.4.